The van der Waals surface area contributed by atoms with Gasteiger partial charge >= 0.3 is 0 Å². The average molecular weight is 446 g/mol. The highest BCUT2D eigenvalue weighted by Gasteiger charge is 2.07. The molecular weight excluding hydrogens is 428 g/mol. The molecular formula is C24H18N10. The van der Waals surface area contributed by atoms with Gasteiger partial charge in [0, 0.05) is 0 Å². The molecule has 0 bridgehead atoms. The van der Waals surface area contributed by atoms with Crippen molar-refractivity contribution in [2.24, 2.45) is 11.5 Å². The Balaban J connectivity index is 0.000000192. The van der Waals surface area contributed by atoms with E-state index in [4.69, 9.17) is 34.1 Å². The summed E-state index contributed by atoms with van der Waals surface area (Å²) in [7, 11) is 0. The van der Waals surface area contributed by atoms with Crippen LogP contribution in [-0.4, -0.2) is 31.6 Å². The highest BCUT2D eigenvalue weighted by atomic mass is 14.9. The van der Waals surface area contributed by atoms with E-state index < -0.39 is 0 Å². The number of pyridine rings is 4. The van der Waals surface area contributed by atoms with Gasteiger partial charge in [0.1, 0.15) is 40.5 Å². The van der Waals surface area contributed by atoms with Gasteiger partial charge in [0.25, 0.3) is 5.82 Å². The zero-order chi connectivity index (χ0) is 24.5. The lowest BCUT2D eigenvalue weighted by Crippen LogP contribution is -2.14. The van der Waals surface area contributed by atoms with Crippen LogP contribution < -0.4 is 11.5 Å². The summed E-state index contributed by atoms with van der Waals surface area (Å²) in [4.78, 5) is 19.9. The molecule has 0 unspecified atom stereocenters. The largest absolute Gasteiger partial charge is 0.382 e. The molecule has 4 aromatic heterocycles. The smallest absolute Gasteiger partial charge is 0.270 e. The monoisotopic (exact) mass is 446 g/mol. The molecule has 0 saturated carbocycles. The van der Waals surface area contributed by atoms with E-state index in [-0.39, 0.29) is 11.7 Å². The van der Waals surface area contributed by atoms with Crippen molar-refractivity contribution in [1.29, 1.82) is 16.1 Å². The molecule has 0 aliphatic carbocycles. The molecule has 4 aromatic rings. The van der Waals surface area contributed by atoms with Crippen molar-refractivity contribution < 1.29 is 0 Å². The lowest BCUT2D eigenvalue weighted by molar-refractivity contribution is 1.20. The minimum Gasteiger partial charge on any atom is -0.382 e. The topological polar surface area (TPSA) is 179 Å². The summed E-state index contributed by atoms with van der Waals surface area (Å²) in [6.07, 6.45) is 0. The molecule has 0 saturated heterocycles. The Morgan fingerprint density at radius 2 is 1.15 bits per heavy atom. The number of nitrogen functional groups attached to an aromatic ring is 2. The molecule has 4 rings (SSSR count). The number of hydrogen-bond donors (Lipinski definition) is 4. The lowest BCUT2D eigenvalue weighted by Gasteiger charge is -2.04. The first-order chi connectivity index (χ1) is 16.4. The standard InChI is InChI=1S/C12H12N6.C12H6N4/c13-11(14)9-5-1-3-7(17-9)8-4-2-6-10(18-8)12(15)16;1-14-12-7-3-6-11(16-12)10-5-2-4-9(8-13)15-10/h1-6H,(H3,13,14)(H3,15,16);2-7H. The van der Waals surface area contributed by atoms with Crippen molar-refractivity contribution in [1.82, 2.24) is 19.9 Å². The molecule has 6 N–H and O–H groups in total. The van der Waals surface area contributed by atoms with Crippen LogP contribution >= 0.6 is 0 Å². The number of aromatic nitrogens is 4. The second kappa shape index (κ2) is 10.7. The zero-order valence-corrected chi connectivity index (χ0v) is 17.8. The van der Waals surface area contributed by atoms with E-state index in [1.807, 2.05) is 6.07 Å². The molecule has 10 nitrogen and oxygen atoms in total. The fourth-order valence-corrected chi connectivity index (χ4v) is 2.72. The highest BCUT2D eigenvalue weighted by Crippen LogP contribution is 2.18. The van der Waals surface area contributed by atoms with Gasteiger partial charge in [-0.3, -0.25) is 10.8 Å². The number of rotatable bonds is 4. The maximum atomic E-state index is 8.73. The van der Waals surface area contributed by atoms with Gasteiger partial charge in [-0.25, -0.2) is 15.0 Å². The summed E-state index contributed by atoms with van der Waals surface area (Å²) in [5, 5.41) is 23.4. The Bertz CT molecular complexity index is 1340. The van der Waals surface area contributed by atoms with Crippen molar-refractivity contribution in [3.8, 4) is 28.8 Å². The second-order valence-electron chi connectivity index (χ2n) is 6.66. The third-order valence-electron chi connectivity index (χ3n) is 4.29. The summed E-state index contributed by atoms with van der Waals surface area (Å²) in [5.41, 5.74) is 14.3. The summed E-state index contributed by atoms with van der Waals surface area (Å²) >= 11 is 0. The van der Waals surface area contributed by atoms with Gasteiger partial charge in [0.15, 0.2) is 5.69 Å². The molecule has 0 amide bonds. The predicted octanol–water partition coefficient (Wildman–Crippen LogP) is 3.28. The first kappa shape index (κ1) is 23.2. The number of amidine groups is 2. The first-order valence-corrected chi connectivity index (χ1v) is 9.76. The average Bonchev–Trinajstić information content (AvgIpc) is 2.89. The molecule has 0 fully saturated rings. The SMILES string of the molecule is N=C(N)c1cccc(-c2cccc(C(=N)N)n2)n1.[C-]#[N+]c1cccc(-c2cccc(C#N)n2)n1. The van der Waals surface area contributed by atoms with Crippen molar-refractivity contribution >= 4 is 17.5 Å². The Morgan fingerprint density at radius 1 is 0.706 bits per heavy atom. The third-order valence-corrected chi connectivity index (χ3v) is 4.29. The summed E-state index contributed by atoms with van der Waals surface area (Å²) in [6.45, 7) is 6.87. The van der Waals surface area contributed by atoms with E-state index >= 15 is 0 Å². The normalized spacial score (nSPS) is 9.59. The Hall–Kier alpha value is -5.48. The number of nitriles is 1. The van der Waals surface area contributed by atoms with Crippen LogP contribution in [0, 0.1) is 28.7 Å². The van der Waals surface area contributed by atoms with E-state index in [0.717, 1.165) is 0 Å². The van der Waals surface area contributed by atoms with Crippen LogP contribution in [0.4, 0.5) is 5.82 Å². The van der Waals surface area contributed by atoms with Crippen molar-refractivity contribution in [3.63, 3.8) is 0 Å². The van der Waals surface area contributed by atoms with E-state index in [1.165, 1.54) is 0 Å². The minimum absolute atomic E-state index is 0.0976. The number of nitrogens with zero attached hydrogens (tertiary/aromatic N) is 6. The van der Waals surface area contributed by atoms with Gasteiger partial charge in [-0.15, -0.1) is 4.98 Å². The number of nitrogens with one attached hydrogen (secondary N) is 2. The molecule has 4 heterocycles. The molecule has 0 radical (unpaired) electrons. The van der Waals surface area contributed by atoms with Gasteiger partial charge in [-0.05, 0) is 48.5 Å². The quantitative estimate of drug-likeness (QED) is 0.211. The Kier molecular flexibility index (Phi) is 7.30. The summed E-state index contributed by atoms with van der Waals surface area (Å²) in [6, 6.07) is 22.6. The molecule has 0 aromatic carbocycles. The van der Waals surface area contributed by atoms with Gasteiger partial charge in [0.05, 0.1) is 11.4 Å². The molecule has 0 aliphatic rings. The van der Waals surface area contributed by atoms with Crippen molar-refractivity contribution in [3.05, 3.63) is 101 Å². The van der Waals surface area contributed by atoms with Gasteiger partial charge in [-0.1, -0.05) is 30.8 Å². The van der Waals surface area contributed by atoms with Crippen molar-refractivity contribution in [2.75, 3.05) is 0 Å². The summed E-state index contributed by atoms with van der Waals surface area (Å²) in [5.74, 6) is 0.126. The van der Waals surface area contributed by atoms with Crippen LogP contribution in [-0.2, 0) is 0 Å². The van der Waals surface area contributed by atoms with Crippen LogP contribution in [0.25, 0.3) is 27.6 Å². The molecule has 10 heteroatoms. The molecule has 0 atom stereocenters. The molecule has 0 spiro atoms. The third kappa shape index (κ3) is 5.81. The van der Waals surface area contributed by atoms with Crippen LogP contribution in [0.3, 0.4) is 0 Å². The zero-order valence-electron chi connectivity index (χ0n) is 17.8. The van der Waals surface area contributed by atoms with Crippen LogP contribution in [0.1, 0.15) is 17.1 Å². The van der Waals surface area contributed by atoms with Gasteiger partial charge < -0.3 is 16.3 Å². The highest BCUT2D eigenvalue weighted by molar-refractivity contribution is 5.94. The first-order valence-electron chi connectivity index (χ1n) is 9.76. The van der Waals surface area contributed by atoms with E-state index in [0.29, 0.717) is 45.7 Å². The maximum absolute atomic E-state index is 8.73. The van der Waals surface area contributed by atoms with Gasteiger partial charge in [0.2, 0.25) is 0 Å². The van der Waals surface area contributed by atoms with Crippen LogP contribution in [0.5, 0.6) is 0 Å². The van der Waals surface area contributed by atoms with Crippen molar-refractivity contribution in [2.45, 2.75) is 0 Å². The minimum atomic E-state index is -0.0976. The number of hydrogen-bond acceptors (Lipinski definition) is 7. The van der Waals surface area contributed by atoms with Gasteiger partial charge in [-0.2, -0.15) is 5.26 Å². The lowest BCUT2D eigenvalue weighted by atomic mass is 10.2. The fraction of sp³-hybridized carbons (Fsp3) is 0. The maximum Gasteiger partial charge on any atom is 0.270 e. The molecule has 0 aliphatic heterocycles. The summed E-state index contributed by atoms with van der Waals surface area (Å²) < 4.78 is 0. The predicted molar refractivity (Wildman–Crippen MR) is 128 cm³/mol. The van der Waals surface area contributed by atoms with E-state index in [1.54, 1.807) is 72.8 Å². The Labute approximate surface area is 195 Å². The van der Waals surface area contributed by atoms with E-state index in [2.05, 4.69) is 24.8 Å². The molecule has 164 valence electrons. The fourth-order valence-electron chi connectivity index (χ4n) is 2.72. The number of nitrogens with two attached hydrogens (primary N) is 2. The van der Waals surface area contributed by atoms with E-state index in [9.17, 15) is 0 Å². The second-order valence-corrected chi connectivity index (χ2v) is 6.66. The van der Waals surface area contributed by atoms with Crippen LogP contribution in [0.2, 0.25) is 0 Å². The Morgan fingerprint density at radius 3 is 1.62 bits per heavy atom. The van der Waals surface area contributed by atoms with Crippen LogP contribution in [0.15, 0.2) is 72.8 Å². The molecule has 34 heavy (non-hydrogen) atoms.